The second kappa shape index (κ2) is 10.6. The lowest BCUT2D eigenvalue weighted by molar-refractivity contribution is -0.384. The Morgan fingerprint density at radius 3 is 2.82 bits per heavy atom. The second-order valence-corrected chi connectivity index (χ2v) is 6.63. The summed E-state index contributed by atoms with van der Waals surface area (Å²) in [5, 5.41) is 14.0. The molecular formula is C19H27N3O6. The summed E-state index contributed by atoms with van der Waals surface area (Å²) in [6, 6.07) is 4.07. The lowest BCUT2D eigenvalue weighted by Gasteiger charge is -2.35. The third-order valence-electron chi connectivity index (χ3n) is 4.80. The molecule has 1 aliphatic rings. The predicted octanol–water partition coefficient (Wildman–Crippen LogP) is 2.60. The van der Waals surface area contributed by atoms with E-state index in [1.54, 1.807) is 12.0 Å². The van der Waals surface area contributed by atoms with E-state index in [1.165, 1.54) is 12.1 Å². The van der Waals surface area contributed by atoms with Crippen LogP contribution in [0.2, 0.25) is 0 Å². The number of rotatable bonds is 9. The quantitative estimate of drug-likeness (QED) is 0.297. The number of piperidine rings is 1. The third-order valence-corrected chi connectivity index (χ3v) is 4.80. The first-order chi connectivity index (χ1) is 13.5. The minimum atomic E-state index is -0.776. The summed E-state index contributed by atoms with van der Waals surface area (Å²) in [5.74, 6) is -1.01. The number of amides is 1. The summed E-state index contributed by atoms with van der Waals surface area (Å²) in [6.45, 7) is 3.13. The highest BCUT2D eigenvalue weighted by molar-refractivity contribution is 5.97. The summed E-state index contributed by atoms with van der Waals surface area (Å²) >= 11 is 0. The van der Waals surface area contributed by atoms with Crippen molar-refractivity contribution in [3.05, 3.63) is 33.9 Å². The number of non-ortho nitro benzene ring substituents is 1. The van der Waals surface area contributed by atoms with Gasteiger partial charge in [-0.15, -0.1) is 0 Å². The lowest BCUT2D eigenvalue weighted by atomic mass is 10.00. The predicted molar refractivity (Wildman–Crippen MR) is 103 cm³/mol. The topological polar surface area (TPSA) is 111 Å². The molecule has 0 radical (unpaired) electrons. The van der Waals surface area contributed by atoms with Crippen molar-refractivity contribution in [1.82, 2.24) is 4.90 Å². The number of nitrogens with one attached hydrogen (secondary N) is 1. The maximum absolute atomic E-state index is 12.5. The van der Waals surface area contributed by atoms with Crippen molar-refractivity contribution in [2.45, 2.75) is 38.6 Å². The van der Waals surface area contributed by atoms with Crippen molar-refractivity contribution in [3.8, 4) is 0 Å². The van der Waals surface area contributed by atoms with Gasteiger partial charge in [-0.1, -0.05) is 6.92 Å². The molecule has 28 heavy (non-hydrogen) atoms. The minimum absolute atomic E-state index is 0.0174. The molecule has 1 atom stereocenters. The Morgan fingerprint density at radius 2 is 2.14 bits per heavy atom. The number of esters is 1. The first kappa shape index (κ1) is 21.6. The van der Waals surface area contributed by atoms with Crippen LogP contribution in [0.3, 0.4) is 0 Å². The van der Waals surface area contributed by atoms with Crippen LogP contribution in [0.25, 0.3) is 0 Å². The van der Waals surface area contributed by atoms with E-state index in [2.05, 4.69) is 5.32 Å². The van der Waals surface area contributed by atoms with Gasteiger partial charge >= 0.3 is 5.97 Å². The number of nitro benzene ring substituents is 1. The third kappa shape index (κ3) is 5.66. The molecule has 1 heterocycles. The lowest BCUT2D eigenvalue weighted by Crippen LogP contribution is -2.45. The zero-order chi connectivity index (χ0) is 20.5. The standard InChI is InChI=1S/C19H27N3O6/c1-3-14-6-4-5-10-21(14)18(23)13-28-19(24)16-12-15(22(25)26)7-8-17(16)20-9-11-27-2/h7-8,12,14,20H,3-6,9-11,13H2,1-2H3/t14-/m0/s1. The fourth-order valence-electron chi connectivity index (χ4n) is 3.30. The Hall–Kier alpha value is -2.68. The number of ether oxygens (including phenoxy) is 2. The zero-order valence-corrected chi connectivity index (χ0v) is 16.3. The summed E-state index contributed by atoms with van der Waals surface area (Å²) in [5.41, 5.74) is 0.186. The maximum Gasteiger partial charge on any atom is 0.341 e. The molecule has 1 aromatic rings. The van der Waals surface area contributed by atoms with Gasteiger partial charge in [-0.25, -0.2) is 4.79 Å². The van der Waals surface area contributed by atoms with Crippen LogP contribution in [0.15, 0.2) is 18.2 Å². The Bertz CT molecular complexity index is 709. The van der Waals surface area contributed by atoms with Crippen LogP contribution in [0.5, 0.6) is 0 Å². The van der Waals surface area contributed by atoms with Crippen LogP contribution in [-0.2, 0) is 14.3 Å². The van der Waals surface area contributed by atoms with Crippen LogP contribution in [0, 0.1) is 10.1 Å². The molecule has 1 aliphatic heterocycles. The van der Waals surface area contributed by atoms with Crippen LogP contribution in [0.4, 0.5) is 11.4 Å². The normalized spacial score (nSPS) is 16.5. The first-order valence-corrected chi connectivity index (χ1v) is 9.45. The van der Waals surface area contributed by atoms with Crippen molar-refractivity contribution in [3.63, 3.8) is 0 Å². The van der Waals surface area contributed by atoms with Gasteiger partial charge in [0.15, 0.2) is 6.61 Å². The van der Waals surface area contributed by atoms with Crippen molar-refractivity contribution >= 4 is 23.3 Å². The highest BCUT2D eigenvalue weighted by atomic mass is 16.6. The van der Waals surface area contributed by atoms with E-state index in [9.17, 15) is 19.7 Å². The Morgan fingerprint density at radius 1 is 1.36 bits per heavy atom. The minimum Gasteiger partial charge on any atom is -0.452 e. The molecule has 0 aliphatic carbocycles. The van der Waals surface area contributed by atoms with Crippen molar-refractivity contribution in [2.75, 3.05) is 38.7 Å². The van der Waals surface area contributed by atoms with Gasteiger partial charge in [0.2, 0.25) is 0 Å². The fourth-order valence-corrected chi connectivity index (χ4v) is 3.30. The van der Waals surface area contributed by atoms with E-state index in [0.717, 1.165) is 31.7 Å². The SMILES string of the molecule is CC[C@H]1CCCCN1C(=O)COC(=O)c1cc([N+](=O)[O-])ccc1NCCOC. The maximum atomic E-state index is 12.5. The molecule has 1 saturated heterocycles. The molecule has 1 aromatic carbocycles. The fraction of sp³-hybridized carbons (Fsp3) is 0.579. The number of hydrogen-bond donors (Lipinski definition) is 1. The number of nitrogens with zero attached hydrogens (tertiary/aromatic N) is 2. The number of carbonyl (C=O) groups is 2. The number of anilines is 1. The number of nitro groups is 1. The van der Waals surface area contributed by atoms with Crippen LogP contribution in [0.1, 0.15) is 43.0 Å². The summed E-state index contributed by atoms with van der Waals surface area (Å²) in [7, 11) is 1.54. The van der Waals surface area contributed by atoms with Crippen LogP contribution in [-0.4, -0.2) is 61.2 Å². The van der Waals surface area contributed by atoms with Crippen molar-refractivity contribution < 1.29 is 24.0 Å². The van der Waals surface area contributed by atoms with Gasteiger partial charge in [-0.3, -0.25) is 14.9 Å². The van der Waals surface area contributed by atoms with Gasteiger partial charge in [-0.05, 0) is 31.7 Å². The van der Waals surface area contributed by atoms with E-state index in [-0.39, 0.29) is 29.8 Å². The molecule has 0 aromatic heterocycles. The van der Waals surface area contributed by atoms with E-state index in [1.807, 2.05) is 6.92 Å². The summed E-state index contributed by atoms with van der Waals surface area (Å²) in [4.78, 5) is 37.2. The molecule has 1 N–H and O–H groups in total. The van der Waals surface area contributed by atoms with Crippen LogP contribution < -0.4 is 5.32 Å². The molecule has 0 saturated carbocycles. The Balaban J connectivity index is 2.07. The molecule has 9 heteroatoms. The molecule has 0 bridgehead atoms. The Kier molecular flexibility index (Phi) is 8.19. The van der Waals surface area contributed by atoms with Crippen molar-refractivity contribution in [1.29, 1.82) is 0 Å². The largest absolute Gasteiger partial charge is 0.452 e. The van der Waals surface area contributed by atoms with E-state index >= 15 is 0 Å². The number of carbonyl (C=O) groups excluding carboxylic acids is 2. The smallest absolute Gasteiger partial charge is 0.341 e. The number of benzene rings is 1. The monoisotopic (exact) mass is 393 g/mol. The number of hydrogen-bond acceptors (Lipinski definition) is 7. The molecule has 1 amide bonds. The molecule has 1 fully saturated rings. The van der Waals surface area contributed by atoms with E-state index in [0.29, 0.717) is 25.4 Å². The van der Waals surface area contributed by atoms with Gasteiger partial charge in [0, 0.05) is 44.1 Å². The van der Waals surface area contributed by atoms with Gasteiger partial charge < -0.3 is 19.7 Å². The van der Waals surface area contributed by atoms with Gasteiger partial charge in [-0.2, -0.15) is 0 Å². The Labute approximate surface area is 164 Å². The average Bonchev–Trinajstić information content (AvgIpc) is 2.71. The van der Waals surface area contributed by atoms with E-state index < -0.39 is 10.9 Å². The molecule has 0 spiro atoms. The molecule has 2 rings (SSSR count). The highest BCUT2D eigenvalue weighted by Gasteiger charge is 2.26. The average molecular weight is 393 g/mol. The number of methoxy groups -OCH3 is 1. The van der Waals surface area contributed by atoms with Gasteiger partial charge in [0.25, 0.3) is 11.6 Å². The highest BCUT2D eigenvalue weighted by Crippen LogP contribution is 2.24. The summed E-state index contributed by atoms with van der Waals surface area (Å²) < 4.78 is 10.1. The zero-order valence-electron chi connectivity index (χ0n) is 16.3. The summed E-state index contributed by atoms with van der Waals surface area (Å²) in [6.07, 6.45) is 3.84. The van der Waals surface area contributed by atoms with Crippen LogP contribution >= 0.6 is 0 Å². The van der Waals surface area contributed by atoms with Gasteiger partial charge in [0.05, 0.1) is 17.1 Å². The van der Waals surface area contributed by atoms with Gasteiger partial charge in [0.1, 0.15) is 0 Å². The first-order valence-electron chi connectivity index (χ1n) is 9.45. The molecule has 0 unspecified atom stereocenters. The molecular weight excluding hydrogens is 366 g/mol. The second-order valence-electron chi connectivity index (χ2n) is 6.63. The molecule has 9 nitrogen and oxygen atoms in total. The van der Waals surface area contributed by atoms with E-state index in [4.69, 9.17) is 9.47 Å². The molecule has 154 valence electrons. The number of likely N-dealkylation sites (tertiary alicyclic amines) is 1. The van der Waals surface area contributed by atoms with Crippen molar-refractivity contribution in [2.24, 2.45) is 0 Å².